The maximum Gasteiger partial charge on any atom is 0.282 e. The number of hydrogen-bond acceptors (Lipinski definition) is 4. The van der Waals surface area contributed by atoms with Crippen LogP contribution >= 0.6 is 0 Å². The highest BCUT2D eigenvalue weighted by atomic mass is 32.2. The van der Waals surface area contributed by atoms with Crippen molar-refractivity contribution in [3.05, 3.63) is 35.4 Å². The Balaban J connectivity index is 1.53. The average molecular weight is 352 g/mol. The van der Waals surface area contributed by atoms with Crippen LogP contribution in [0.2, 0.25) is 0 Å². The lowest BCUT2D eigenvalue weighted by atomic mass is 10.0. The van der Waals surface area contributed by atoms with E-state index in [0.29, 0.717) is 45.7 Å². The van der Waals surface area contributed by atoms with E-state index in [0.717, 1.165) is 17.5 Å². The van der Waals surface area contributed by atoms with Crippen molar-refractivity contribution in [3.63, 3.8) is 0 Å². The summed E-state index contributed by atoms with van der Waals surface area (Å²) in [7, 11) is -3.48. The second kappa shape index (κ2) is 6.07. The summed E-state index contributed by atoms with van der Waals surface area (Å²) in [6, 6.07) is 7.96. The zero-order valence-electron chi connectivity index (χ0n) is 14.0. The van der Waals surface area contributed by atoms with E-state index in [1.165, 1.54) is 0 Å². The Morgan fingerprint density at radius 2 is 1.83 bits per heavy atom. The highest BCUT2D eigenvalue weighted by Crippen LogP contribution is 2.40. The fourth-order valence-corrected chi connectivity index (χ4v) is 5.92. The zero-order valence-corrected chi connectivity index (χ0v) is 14.8. The van der Waals surface area contributed by atoms with Gasteiger partial charge in [-0.3, -0.25) is 0 Å². The molecular weight excluding hydrogens is 328 g/mol. The number of fused-ring (bicyclic) bond motifs is 1. The second-order valence-corrected chi connectivity index (χ2v) is 8.56. The number of piperidine rings is 1. The fourth-order valence-electron chi connectivity index (χ4n) is 4.09. The van der Waals surface area contributed by atoms with E-state index >= 15 is 0 Å². The van der Waals surface area contributed by atoms with E-state index in [2.05, 4.69) is 0 Å². The van der Waals surface area contributed by atoms with Crippen molar-refractivity contribution < 1.29 is 17.9 Å². The molecule has 1 aromatic rings. The first-order valence-corrected chi connectivity index (χ1v) is 10.1. The van der Waals surface area contributed by atoms with Crippen LogP contribution in [-0.4, -0.2) is 49.1 Å². The maximum atomic E-state index is 13.2. The van der Waals surface area contributed by atoms with Crippen molar-refractivity contribution in [2.45, 2.75) is 44.6 Å². The molecule has 2 saturated heterocycles. The lowest BCUT2D eigenvalue weighted by molar-refractivity contribution is -0.179. The minimum absolute atomic E-state index is 0.0685. The van der Waals surface area contributed by atoms with Gasteiger partial charge in [-0.25, -0.2) is 0 Å². The minimum Gasteiger partial charge on any atom is -0.347 e. The van der Waals surface area contributed by atoms with Gasteiger partial charge in [-0.15, -0.1) is 0 Å². The first-order chi connectivity index (χ1) is 11.6. The van der Waals surface area contributed by atoms with Crippen molar-refractivity contribution in [2.24, 2.45) is 0 Å². The smallest absolute Gasteiger partial charge is 0.282 e. The highest BCUT2D eigenvalue weighted by Gasteiger charge is 2.46. The Morgan fingerprint density at radius 3 is 2.50 bits per heavy atom. The molecule has 2 fully saturated rings. The van der Waals surface area contributed by atoms with E-state index < -0.39 is 16.0 Å². The summed E-state index contributed by atoms with van der Waals surface area (Å²) in [6.45, 7) is 4.61. The summed E-state index contributed by atoms with van der Waals surface area (Å²) < 4.78 is 41.1. The van der Waals surface area contributed by atoms with Crippen molar-refractivity contribution in [1.29, 1.82) is 0 Å². The minimum atomic E-state index is -3.48. The molecule has 6 nitrogen and oxygen atoms in total. The van der Waals surface area contributed by atoms with Gasteiger partial charge < -0.3 is 9.47 Å². The molecule has 0 bridgehead atoms. The van der Waals surface area contributed by atoms with Gasteiger partial charge in [0.25, 0.3) is 10.2 Å². The van der Waals surface area contributed by atoms with E-state index in [-0.39, 0.29) is 6.04 Å². The third-order valence-electron chi connectivity index (χ3n) is 5.40. The topological polar surface area (TPSA) is 59.1 Å². The molecule has 1 aromatic carbocycles. The van der Waals surface area contributed by atoms with Crippen molar-refractivity contribution in [2.75, 3.05) is 26.3 Å². The molecule has 0 aromatic heterocycles. The van der Waals surface area contributed by atoms with Crippen LogP contribution in [0.15, 0.2) is 24.3 Å². The molecule has 1 atom stereocenters. The molecule has 0 radical (unpaired) electrons. The lowest BCUT2D eigenvalue weighted by Gasteiger charge is -2.39. The molecule has 0 aliphatic carbocycles. The number of ether oxygens (including phenoxy) is 2. The monoisotopic (exact) mass is 352 g/mol. The van der Waals surface area contributed by atoms with Gasteiger partial charge in [0, 0.05) is 32.5 Å². The van der Waals surface area contributed by atoms with Crippen molar-refractivity contribution >= 4 is 10.2 Å². The molecule has 1 unspecified atom stereocenters. The molecular formula is C17H24N2O4S. The molecule has 0 saturated carbocycles. The van der Waals surface area contributed by atoms with Gasteiger partial charge in [-0.2, -0.15) is 17.0 Å². The summed E-state index contributed by atoms with van der Waals surface area (Å²) in [4.78, 5) is 0. The van der Waals surface area contributed by atoms with E-state index in [1.807, 2.05) is 31.2 Å². The molecule has 7 heteroatoms. The highest BCUT2D eigenvalue weighted by molar-refractivity contribution is 7.86. The SMILES string of the molecule is CCC1c2ccccc2CN1S(=O)(=O)N1CCC2(CC1)OCCO2. The first-order valence-electron chi connectivity index (χ1n) is 8.68. The second-order valence-electron chi connectivity index (χ2n) is 6.68. The summed E-state index contributed by atoms with van der Waals surface area (Å²) in [5.41, 5.74) is 2.25. The summed E-state index contributed by atoms with van der Waals surface area (Å²) in [5.74, 6) is -0.551. The van der Waals surface area contributed by atoms with E-state index in [1.54, 1.807) is 8.61 Å². The van der Waals surface area contributed by atoms with Gasteiger partial charge in [0.1, 0.15) is 0 Å². The molecule has 1 spiro atoms. The molecule has 132 valence electrons. The number of rotatable bonds is 3. The van der Waals surface area contributed by atoms with Gasteiger partial charge in [-0.1, -0.05) is 31.2 Å². The summed E-state index contributed by atoms with van der Waals surface area (Å²) >= 11 is 0. The number of nitrogens with zero attached hydrogens (tertiary/aromatic N) is 2. The van der Waals surface area contributed by atoms with Crippen LogP contribution in [0.4, 0.5) is 0 Å². The normalized spacial score (nSPS) is 27.6. The van der Waals surface area contributed by atoms with Crippen LogP contribution in [0.1, 0.15) is 43.4 Å². The Kier molecular flexibility index (Phi) is 4.17. The van der Waals surface area contributed by atoms with Crippen LogP contribution in [0.5, 0.6) is 0 Å². The van der Waals surface area contributed by atoms with Crippen LogP contribution in [0.3, 0.4) is 0 Å². The summed E-state index contributed by atoms with van der Waals surface area (Å²) in [5, 5.41) is 0. The largest absolute Gasteiger partial charge is 0.347 e. The molecule has 3 heterocycles. The number of hydrogen-bond donors (Lipinski definition) is 0. The van der Waals surface area contributed by atoms with Gasteiger partial charge in [0.05, 0.1) is 19.3 Å². The third kappa shape index (κ3) is 2.59. The molecule has 3 aliphatic heterocycles. The quantitative estimate of drug-likeness (QED) is 0.835. The third-order valence-corrected chi connectivity index (χ3v) is 7.39. The van der Waals surface area contributed by atoms with Gasteiger partial charge in [0.15, 0.2) is 5.79 Å². The van der Waals surface area contributed by atoms with Crippen LogP contribution in [-0.2, 0) is 26.2 Å². The Morgan fingerprint density at radius 1 is 1.17 bits per heavy atom. The molecule has 0 amide bonds. The Bertz CT molecular complexity index is 705. The molecule has 4 rings (SSSR count). The predicted octanol–water partition coefficient (Wildman–Crippen LogP) is 2.04. The standard InChI is InChI=1S/C17H24N2O4S/c1-2-16-15-6-4-3-5-14(15)13-19(16)24(20,21)18-9-7-17(8-10-18)22-11-12-23-17/h3-6,16H,2,7-13H2,1H3. The lowest BCUT2D eigenvalue weighted by Crippen LogP contribution is -2.51. The Hall–Kier alpha value is -0.990. The van der Waals surface area contributed by atoms with E-state index in [9.17, 15) is 8.42 Å². The predicted molar refractivity (Wildman–Crippen MR) is 89.4 cm³/mol. The first kappa shape index (κ1) is 16.5. The molecule has 0 N–H and O–H groups in total. The average Bonchev–Trinajstić information content (AvgIpc) is 3.20. The van der Waals surface area contributed by atoms with Crippen LogP contribution in [0.25, 0.3) is 0 Å². The maximum absolute atomic E-state index is 13.2. The molecule has 3 aliphatic rings. The van der Waals surface area contributed by atoms with Crippen molar-refractivity contribution in [1.82, 2.24) is 8.61 Å². The molecule has 24 heavy (non-hydrogen) atoms. The van der Waals surface area contributed by atoms with Crippen LogP contribution in [0, 0.1) is 0 Å². The van der Waals surface area contributed by atoms with Crippen LogP contribution < -0.4 is 0 Å². The van der Waals surface area contributed by atoms with Gasteiger partial charge in [0.2, 0.25) is 0 Å². The Labute approximate surface area is 143 Å². The van der Waals surface area contributed by atoms with Gasteiger partial charge in [-0.05, 0) is 17.5 Å². The number of benzene rings is 1. The summed E-state index contributed by atoms with van der Waals surface area (Å²) in [6.07, 6.45) is 1.98. The van der Waals surface area contributed by atoms with Gasteiger partial charge >= 0.3 is 0 Å². The van der Waals surface area contributed by atoms with E-state index in [4.69, 9.17) is 9.47 Å². The van der Waals surface area contributed by atoms with Crippen molar-refractivity contribution in [3.8, 4) is 0 Å². The zero-order chi connectivity index (χ0) is 16.8. The fraction of sp³-hybridized carbons (Fsp3) is 0.647.